The van der Waals surface area contributed by atoms with Gasteiger partial charge in [0.05, 0.1) is 0 Å². The average Bonchev–Trinajstić information content (AvgIpc) is 2.66. The number of likely N-dealkylation sites (tertiary alicyclic amines) is 1. The molecule has 2 unspecified atom stereocenters. The van der Waals surface area contributed by atoms with Crippen molar-refractivity contribution in [2.24, 2.45) is 5.92 Å². The molecule has 1 N–H and O–H groups in total. The van der Waals surface area contributed by atoms with Gasteiger partial charge < -0.3 is 10.2 Å². The average molecular weight is 295 g/mol. The number of hydrogen-bond acceptors (Lipinski definition) is 2. The molecule has 1 aliphatic rings. The summed E-state index contributed by atoms with van der Waals surface area (Å²) in [4.78, 5) is 2.63. The van der Waals surface area contributed by atoms with Gasteiger partial charge in [-0.1, -0.05) is 30.7 Å². The second-order valence-corrected chi connectivity index (χ2v) is 6.50. The van der Waals surface area contributed by atoms with Gasteiger partial charge in [0.1, 0.15) is 0 Å². The molecule has 0 aliphatic carbocycles. The summed E-state index contributed by atoms with van der Waals surface area (Å²) in [5.41, 5.74) is 1.33. The van der Waals surface area contributed by atoms with Crippen molar-refractivity contribution in [3.8, 4) is 0 Å². The molecule has 0 spiro atoms. The summed E-state index contributed by atoms with van der Waals surface area (Å²) in [6, 6.07) is 8.65. The summed E-state index contributed by atoms with van der Waals surface area (Å²) in [6.07, 6.45) is 5.26. The highest BCUT2D eigenvalue weighted by molar-refractivity contribution is 6.30. The van der Waals surface area contributed by atoms with Crippen LogP contribution in [0.5, 0.6) is 0 Å². The topological polar surface area (TPSA) is 15.3 Å². The van der Waals surface area contributed by atoms with Crippen molar-refractivity contribution in [1.82, 2.24) is 10.2 Å². The molecule has 2 nitrogen and oxygen atoms in total. The van der Waals surface area contributed by atoms with Crippen LogP contribution < -0.4 is 5.32 Å². The van der Waals surface area contributed by atoms with Gasteiger partial charge in [-0.3, -0.25) is 0 Å². The van der Waals surface area contributed by atoms with E-state index in [9.17, 15) is 0 Å². The molecule has 1 aliphatic heterocycles. The lowest BCUT2D eigenvalue weighted by atomic mass is 10.0. The summed E-state index contributed by atoms with van der Waals surface area (Å²) in [5, 5.41) is 4.24. The Labute approximate surface area is 128 Å². The number of nitrogens with zero attached hydrogens (tertiary/aromatic N) is 1. The van der Waals surface area contributed by atoms with E-state index in [0.717, 1.165) is 17.4 Å². The zero-order valence-electron chi connectivity index (χ0n) is 12.7. The van der Waals surface area contributed by atoms with E-state index >= 15 is 0 Å². The van der Waals surface area contributed by atoms with Crippen molar-refractivity contribution in [3.05, 3.63) is 34.9 Å². The van der Waals surface area contributed by atoms with Crippen molar-refractivity contribution >= 4 is 11.6 Å². The van der Waals surface area contributed by atoms with Gasteiger partial charge >= 0.3 is 0 Å². The standard InChI is InChI=1S/C17H27ClN2/c1-14-4-3-11-20(12-9-14)13-10-17(19-2)15-5-7-16(18)8-6-15/h5-8,14,17,19H,3-4,9-13H2,1-2H3. The Morgan fingerprint density at radius 2 is 2.00 bits per heavy atom. The highest BCUT2D eigenvalue weighted by atomic mass is 35.5. The molecule has 0 radical (unpaired) electrons. The highest BCUT2D eigenvalue weighted by Crippen LogP contribution is 2.21. The third kappa shape index (κ3) is 4.76. The van der Waals surface area contributed by atoms with E-state index < -0.39 is 0 Å². The van der Waals surface area contributed by atoms with Crippen LogP contribution in [0.15, 0.2) is 24.3 Å². The van der Waals surface area contributed by atoms with Gasteiger partial charge in [0.25, 0.3) is 0 Å². The van der Waals surface area contributed by atoms with E-state index in [4.69, 9.17) is 11.6 Å². The first-order valence-electron chi connectivity index (χ1n) is 7.84. The van der Waals surface area contributed by atoms with Crippen LogP contribution in [0.25, 0.3) is 0 Å². The first kappa shape index (κ1) is 15.8. The van der Waals surface area contributed by atoms with Gasteiger partial charge in [0.15, 0.2) is 0 Å². The number of hydrogen-bond donors (Lipinski definition) is 1. The maximum Gasteiger partial charge on any atom is 0.0406 e. The number of nitrogens with one attached hydrogen (secondary N) is 1. The smallest absolute Gasteiger partial charge is 0.0406 e. The third-order valence-corrected chi connectivity index (χ3v) is 4.72. The van der Waals surface area contributed by atoms with Crippen LogP contribution in [-0.2, 0) is 0 Å². The summed E-state index contributed by atoms with van der Waals surface area (Å²) >= 11 is 5.96. The number of benzene rings is 1. The van der Waals surface area contributed by atoms with Crippen LogP contribution in [-0.4, -0.2) is 31.6 Å². The molecule has 2 atom stereocenters. The fourth-order valence-corrected chi connectivity index (χ4v) is 3.16. The monoisotopic (exact) mass is 294 g/mol. The fourth-order valence-electron chi connectivity index (χ4n) is 3.03. The summed E-state index contributed by atoms with van der Waals surface area (Å²) in [7, 11) is 2.05. The Bertz CT molecular complexity index is 390. The Hall–Kier alpha value is -0.570. The lowest BCUT2D eigenvalue weighted by Crippen LogP contribution is -2.29. The minimum atomic E-state index is 0.424. The molecule has 3 heteroatoms. The van der Waals surface area contributed by atoms with Crippen LogP contribution in [0.1, 0.15) is 44.2 Å². The third-order valence-electron chi connectivity index (χ3n) is 4.46. The van der Waals surface area contributed by atoms with Gasteiger partial charge in [-0.2, -0.15) is 0 Å². The van der Waals surface area contributed by atoms with Crippen molar-refractivity contribution in [1.29, 1.82) is 0 Å². The second-order valence-electron chi connectivity index (χ2n) is 6.06. The fraction of sp³-hybridized carbons (Fsp3) is 0.647. The van der Waals surface area contributed by atoms with E-state index in [1.165, 1.54) is 44.5 Å². The summed E-state index contributed by atoms with van der Waals surface area (Å²) < 4.78 is 0. The van der Waals surface area contributed by atoms with Gasteiger partial charge in [-0.15, -0.1) is 0 Å². The molecule has 1 aromatic rings. The molecule has 0 amide bonds. The Kier molecular flexibility index (Phi) is 6.34. The molecule has 0 saturated carbocycles. The lowest BCUT2D eigenvalue weighted by Gasteiger charge is -2.24. The van der Waals surface area contributed by atoms with Gasteiger partial charge in [0, 0.05) is 11.1 Å². The molecule has 0 bridgehead atoms. The molecular formula is C17H27ClN2. The van der Waals surface area contributed by atoms with Crippen LogP contribution in [0.2, 0.25) is 5.02 Å². The first-order valence-corrected chi connectivity index (χ1v) is 8.22. The van der Waals surface area contributed by atoms with Crippen LogP contribution in [0, 0.1) is 5.92 Å². The van der Waals surface area contributed by atoms with Crippen molar-refractivity contribution in [3.63, 3.8) is 0 Å². The van der Waals surface area contributed by atoms with E-state index in [0.29, 0.717) is 6.04 Å². The first-order chi connectivity index (χ1) is 9.69. The molecule has 1 heterocycles. The molecule has 0 aromatic heterocycles. The predicted molar refractivity (Wildman–Crippen MR) is 87.3 cm³/mol. The largest absolute Gasteiger partial charge is 0.313 e. The van der Waals surface area contributed by atoms with E-state index in [1.54, 1.807) is 0 Å². The molecule has 1 aromatic carbocycles. The summed E-state index contributed by atoms with van der Waals surface area (Å²) in [6.45, 7) is 6.09. The summed E-state index contributed by atoms with van der Waals surface area (Å²) in [5.74, 6) is 0.899. The quantitative estimate of drug-likeness (QED) is 0.879. The van der Waals surface area contributed by atoms with Crippen molar-refractivity contribution in [2.75, 3.05) is 26.7 Å². The molecule has 20 heavy (non-hydrogen) atoms. The van der Waals surface area contributed by atoms with Gasteiger partial charge in [-0.25, -0.2) is 0 Å². The Morgan fingerprint density at radius 3 is 2.70 bits per heavy atom. The highest BCUT2D eigenvalue weighted by Gasteiger charge is 2.16. The normalized spacial score (nSPS) is 22.4. The van der Waals surface area contributed by atoms with E-state index in [1.807, 2.05) is 19.2 Å². The van der Waals surface area contributed by atoms with E-state index in [-0.39, 0.29) is 0 Å². The van der Waals surface area contributed by atoms with Crippen LogP contribution in [0.3, 0.4) is 0 Å². The van der Waals surface area contributed by atoms with Crippen LogP contribution in [0.4, 0.5) is 0 Å². The minimum absolute atomic E-state index is 0.424. The zero-order chi connectivity index (χ0) is 14.4. The van der Waals surface area contributed by atoms with Crippen molar-refractivity contribution < 1.29 is 0 Å². The minimum Gasteiger partial charge on any atom is -0.313 e. The molecule has 1 fully saturated rings. The Morgan fingerprint density at radius 1 is 1.25 bits per heavy atom. The maximum atomic E-state index is 5.96. The molecule has 112 valence electrons. The SMILES string of the molecule is CNC(CCN1CCCC(C)CC1)c1ccc(Cl)cc1. The van der Waals surface area contributed by atoms with E-state index in [2.05, 4.69) is 29.3 Å². The predicted octanol–water partition coefficient (Wildman–Crippen LogP) is 4.11. The number of rotatable bonds is 5. The molecule has 2 rings (SSSR count). The van der Waals surface area contributed by atoms with Crippen molar-refractivity contribution in [2.45, 2.75) is 38.6 Å². The molecule has 1 saturated heterocycles. The van der Waals surface area contributed by atoms with Gasteiger partial charge in [-0.05, 0) is 76.0 Å². The Balaban J connectivity index is 1.85. The second kappa shape index (κ2) is 8.02. The maximum absolute atomic E-state index is 5.96. The van der Waals surface area contributed by atoms with Crippen LogP contribution >= 0.6 is 11.6 Å². The molecular weight excluding hydrogens is 268 g/mol. The lowest BCUT2D eigenvalue weighted by molar-refractivity contribution is 0.265. The number of halogens is 1. The van der Waals surface area contributed by atoms with Gasteiger partial charge in [0.2, 0.25) is 0 Å². The zero-order valence-corrected chi connectivity index (χ0v) is 13.5.